The van der Waals surface area contributed by atoms with Gasteiger partial charge in [-0.1, -0.05) is 12.8 Å². The van der Waals surface area contributed by atoms with Crippen molar-refractivity contribution in [1.82, 2.24) is 0 Å². The SMILES string of the molecule is CC(Cl)C(=O)Nc1sc2c(c1C#N)CCCCCC2. The Balaban J connectivity index is 2.31. The Hall–Kier alpha value is -1.05. The van der Waals surface area contributed by atoms with E-state index >= 15 is 0 Å². The Morgan fingerprint density at radius 3 is 2.68 bits per heavy atom. The molecular formula is C14H17ClN2OS. The molecule has 1 N–H and O–H groups in total. The highest BCUT2D eigenvalue weighted by atomic mass is 35.5. The van der Waals surface area contributed by atoms with Crippen LogP contribution in [-0.2, 0) is 17.6 Å². The number of hydrogen-bond acceptors (Lipinski definition) is 3. The third-order valence-electron chi connectivity index (χ3n) is 3.38. The summed E-state index contributed by atoms with van der Waals surface area (Å²) in [4.78, 5) is 12.9. The molecule has 1 aromatic rings. The van der Waals surface area contributed by atoms with Crippen molar-refractivity contribution in [2.45, 2.75) is 50.8 Å². The van der Waals surface area contributed by atoms with Crippen LogP contribution in [0.25, 0.3) is 0 Å². The van der Waals surface area contributed by atoms with Gasteiger partial charge in [0.2, 0.25) is 5.91 Å². The number of nitrogens with zero attached hydrogens (tertiary/aromatic N) is 1. The second kappa shape index (κ2) is 6.40. The van der Waals surface area contributed by atoms with Crippen molar-refractivity contribution in [3.05, 3.63) is 16.0 Å². The fourth-order valence-electron chi connectivity index (χ4n) is 2.34. The van der Waals surface area contributed by atoms with Crippen LogP contribution in [0.15, 0.2) is 0 Å². The van der Waals surface area contributed by atoms with Gasteiger partial charge in [-0.2, -0.15) is 5.26 Å². The second-order valence-electron chi connectivity index (χ2n) is 4.84. The van der Waals surface area contributed by atoms with Crippen LogP contribution in [0.1, 0.15) is 48.6 Å². The standard InChI is InChI=1S/C14H17ClN2OS/c1-9(15)13(18)17-14-11(8-16)10-6-4-2-3-5-7-12(10)19-14/h9H,2-7H2,1H3,(H,17,18). The molecule has 1 amide bonds. The molecule has 1 atom stereocenters. The Labute approximate surface area is 122 Å². The lowest BCUT2D eigenvalue weighted by atomic mass is 9.97. The summed E-state index contributed by atoms with van der Waals surface area (Å²) < 4.78 is 0. The molecule has 5 heteroatoms. The van der Waals surface area contributed by atoms with Gasteiger partial charge in [-0.15, -0.1) is 22.9 Å². The summed E-state index contributed by atoms with van der Waals surface area (Å²) in [5, 5.41) is 12.2. The number of thiophene rings is 1. The third kappa shape index (κ3) is 3.29. The highest BCUT2D eigenvalue weighted by molar-refractivity contribution is 7.16. The lowest BCUT2D eigenvalue weighted by Gasteiger charge is -2.08. The molecule has 102 valence electrons. The molecular weight excluding hydrogens is 280 g/mol. The maximum Gasteiger partial charge on any atom is 0.242 e. The normalized spacial score (nSPS) is 16.7. The number of aryl methyl sites for hydroxylation is 1. The van der Waals surface area contributed by atoms with Gasteiger partial charge in [0, 0.05) is 4.88 Å². The zero-order chi connectivity index (χ0) is 13.8. The molecule has 0 saturated heterocycles. The molecule has 0 bridgehead atoms. The summed E-state index contributed by atoms with van der Waals surface area (Å²) in [5.74, 6) is -0.243. The molecule has 1 aliphatic carbocycles. The maximum absolute atomic E-state index is 11.7. The lowest BCUT2D eigenvalue weighted by molar-refractivity contribution is -0.115. The molecule has 2 rings (SSSR count). The number of carbonyl (C=O) groups excluding carboxylic acids is 1. The number of amides is 1. The molecule has 0 aromatic carbocycles. The predicted molar refractivity (Wildman–Crippen MR) is 78.9 cm³/mol. The molecule has 0 radical (unpaired) electrons. The summed E-state index contributed by atoms with van der Waals surface area (Å²) in [6.45, 7) is 1.63. The summed E-state index contributed by atoms with van der Waals surface area (Å²) in [7, 11) is 0. The molecule has 1 heterocycles. The first-order valence-electron chi connectivity index (χ1n) is 6.63. The molecule has 0 fully saturated rings. The first-order valence-corrected chi connectivity index (χ1v) is 7.88. The fourth-order valence-corrected chi connectivity index (χ4v) is 3.63. The first-order chi connectivity index (χ1) is 9.13. The summed E-state index contributed by atoms with van der Waals surface area (Å²) in [6, 6.07) is 2.25. The summed E-state index contributed by atoms with van der Waals surface area (Å²) in [6.07, 6.45) is 6.72. The van der Waals surface area contributed by atoms with Crippen LogP contribution < -0.4 is 5.32 Å². The average molecular weight is 297 g/mol. The van der Waals surface area contributed by atoms with E-state index in [1.54, 1.807) is 18.3 Å². The average Bonchev–Trinajstić information content (AvgIpc) is 2.65. The molecule has 19 heavy (non-hydrogen) atoms. The molecule has 1 unspecified atom stereocenters. The van der Waals surface area contributed by atoms with E-state index in [2.05, 4.69) is 11.4 Å². The molecule has 1 aromatic heterocycles. The van der Waals surface area contributed by atoms with Crippen molar-refractivity contribution in [2.24, 2.45) is 0 Å². The Morgan fingerprint density at radius 2 is 2.05 bits per heavy atom. The lowest BCUT2D eigenvalue weighted by Crippen LogP contribution is -2.20. The Bertz CT molecular complexity index is 516. The maximum atomic E-state index is 11.7. The number of anilines is 1. The number of carbonyl (C=O) groups is 1. The van der Waals surface area contributed by atoms with Crippen LogP contribution in [0.5, 0.6) is 0 Å². The highest BCUT2D eigenvalue weighted by Crippen LogP contribution is 2.36. The van der Waals surface area contributed by atoms with Crippen molar-refractivity contribution in [3.63, 3.8) is 0 Å². The summed E-state index contributed by atoms with van der Waals surface area (Å²) in [5.41, 5.74) is 1.79. The van der Waals surface area contributed by atoms with E-state index in [1.807, 2.05) is 0 Å². The smallest absolute Gasteiger partial charge is 0.242 e. The van der Waals surface area contributed by atoms with Gasteiger partial charge in [0.25, 0.3) is 0 Å². The Morgan fingerprint density at radius 1 is 1.37 bits per heavy atom. The molecule has 0 spiro atoms. The van der Waals surface area contributed by atoms with Gasteiger partial charge in [0.05, 0.1) is 5.56 Å². The van der Waals surface area contributed by atoms with Gasteiger partial charge in [0.1, 0.15) is 16.4 Å². The van der Waals surface area contributed by atoms with Crippen LogP contribution in [-0.4, -0.2) is 11.3 Å². The van der Waals surface area contributed by atoms with Gasteiger partial charge in [-0.25, -0.2) is 0 Å². The van der Waals surface area contributed by atoms with Gasteiger partial charge < -0.3 is 5.32 Å². The van der Waals surface area contributed by atoms with Crippen molar-refractivity contribution in [2.75, 3.05) is 5.32 Å². The number of fused-ring (bicyclic) bond motifs is 1. The van der Waals surface area contributed by atoms with Crippen LogP contribution in [0.2, 0.25) is 0 Å². The predicted octanol–water partition coefficient (Wildman–Crippen LogP) is 3.84. The molecule has 0 saturated carbocycles. The highest BCUT2D eigenvalue weighted by Gasteiger charge is 2.21. The van der Waals surface area contributed by atoms with Crippen molar-refractivity contribution < 1.29 is 4.79 Å². The molecule has 1 aliphatic rings. The van der Waals surface area contributed by atoms with E-state index in [-0.39, 0.29) is 5.91 Å². The zero-order valence-corrected chi connectivity index (χ0v) is 12.5. The monoisotopic (exact) mass is 296 g/mol. The van der Waals surface area contributed by atoms with Crippen molar-refractivity contribution in [1.29, 1.82) is 5.26 Å². The largest absolute Gasteiger partial charge is 0.315 e. The summed E-state index contributed by atoms with van der Waals surface area (Å²) >= 11 is 7.30. The van der Waals surface area contributed by atoms with Crippen molar-refractivity contribution >= 4 is 33.8 Å². The quantitative estimate of drug-likeness (QED) is 0.843. The van der Waals surface area contributed by atoms with Gasteiger partial charge in [-0.05, 0) is 38.2 Å². The van der Waals surface area contributed by atoms with Crippen LogP contribution in [0.3, 0.4) is 0 Å². The number of alkyl halides is 1. The second-order valence-corrected chi connectivity index (χ2v) is 6.60. The number of rotatable bonds is 2. The number of nitrogens with one attached hydrogen (secondary N) is 1. The third-order valence-corrected chi connectivity index (χ3v) is 4.79. The first kappa shape index (κ1) is 14.4. The Kier molecular flexibility index (Phi) is 4.84. The van der Waals surface area contributed by atoms with Crippen LogP contribution >= 0.6 is 22.9 Å². The fraction of sp³-hybridized carbons (Fsp3) is 0.571. The van der Waals surface area contributed by atoms with E-state index in [4.69, 9.17) is 11.6 Å². The van der Waals surface area contributed by atoms with Crippen molar-refractivity contribution in [3.8, 4) is 6.07 Å². The van der Waals surface area contributed by atoms with Crippen LogP contribution in [0.4, 0.5) is 5.00 Å². The number of nitriles is 1. The topological polar surface area (TPSA) is 52.9 Å². The van der Waals surface area contributed by atoms with E-state index in [9.17, 15) is 10.1 Å². The van der Waals surface area contributed by atoms with Gasteiger partial charge >= 0.3 is 0 Å². The van der Waals surface area contributed by atoms with Gasteiger partial charge in [0.15, 0.2) is 0 Å². The van der Waals surface area contributed by atoms with Gasteiger partial charge in [-0.3, -0.25) is 4.79 Å². The van der Waals surface area contributed by atoms with E-state index in [0.29, 0.717) is 10.6 Å². The van der Waals surface area contributed by atoms with Crippen LogP contribution in [0, 0.1) is 11.3 Å². The minimum absolute atomic E-state index is 0.243. The molecule has 3 nitrogen and oxygen atoms in total. The van der Waals surface area contributed by atoms with E-state index in [1.165, 1.54) is 17.7 Å². The molecule has 0 aliphatic heterocycles. The van der Waals surface area contributed by atoms with E-state index < -0.39 is 5.38 Å². The minimum atomic E-state index is -0.587. The number of halogens is 1. The zero-order valence-electron chi connectivity index (χ0n) is 11.0. The minimum Gasteiger partial charge on any atom is -0.315 e. The van der Waals surface area contributed by atoms with E-state index in [0.717, 1.165) is 31.2 Å². The number of hydrogen-bond donors (Lipinski definition) is 1.